The Morgan fingerprint density at radius 3 is 2.69 bits per heavy atom. The van der Waals surface area contributed by atoms with Crippen molar-refractivity contribution in [3.63, 3.8) is 0 Å². The highest BCUT2D eigenvalue weighted by molar-refractivity contribution is 5.94. The van der Waals surface area contributed by atoms with Crippen LogP contribution >= 0.6 is 0 Å². The molecule has 0 aliphatic carbocycles. The van der Waals surface area contributed by atoms with Crippen molar-refractivity contribution in [1.29, 1.82) is 0 Å². The van der Waals surface area contributed by atoms with E-state index in [9.17, 15) is 9.90 Å². The Morgan fingerprint density at radius 2 is 1.88 bits per heavy atom. The van der Waals surface area contributed by atoms with Crippen LogP contribution in [0.2, 0.25) is 0 Å². The van der Waals surface area contributed by atoms with Gasteiger partial charge in [-0.3, -0.25) is 4.79 Å². The van der Waals surface area contributed by atoms with Crippen molar-refractivity contribution in [2.24, 2.45) is 0 Å². The molecule has 2 N–H and O–H groups in total. The molecule has 4 rings (SSSR count). The topological polar surface area (TPSA) is 56.3 Å². The van der Waals surface area contributed by atoms with Gasteiger partial charge in [-0.2, -0.15) is 0 Å². The van der Waals surface area contributed by atoms with E-state index in [0.29, 0.717) is 19.5 Å². The molecule has 26 heavy (non-hydrogen) atoms. The van der Waals surface area contributed by atoms with E-state index in [1.54, 1.807) is 4.90 Å². The summed E-state index contributed by atoms with van der Waals surface area (Å²) in [6, 6.07) is 12.0. The number of benzene rings is 2. The van der Waals surface area contributed by atoms with Gasteiger partial charge in [-0.1, -0.05) is 36.4 Å². The van der Waals surface area contributed by atoms with Crippen LogP contribution in [0.15, 0.2) is 36.4 Å². The Balaban J connectivity index is 1.65. The molecule has 0 saturated carbocycles. The lowest BCUT2D eigenvalue weighted by atomic mass is 9.96. The van der Waals surface area contributed by atoms with E-state index < -0.39 is 6.10 Å². The van der Waals surface area contributed by atoms with E-state index in [2.05, 4.69) is 31.0 Å². The van der Waals surface area contributed by atoms with Crippen molar-refractivity contribution in [3.8, 4) is 0 Å². The first kappa shape index (κ1) is 16.9. The van der Waals surface area contributed by atoms with Crippen LogP contribution < -0.4 is 0 Å². The molecule has 1 aromatic heterocycles. The van der Waals surface area contributed by atoms with Gasteiger partial charge in [0.15, 0.2) is 0 Å². The standard InChI is InChI=1S/C22H24N2O2/c1-13-8-9-14(2)22-21(13)18(15(3)23-22)10-20(26)24-11-16-6-4-5-7-17(16)19(25)12-24/h4-9,19,23,25H,10-12H2,1-3H3. The van der Waals surface area contributed by atoms with Crippen molar-refractivity contribution in [2.75, 3.05) is 6.54 Å². The molecule has 4 heteroatoms. The molecule has 0 radical (unpaired) electrons. The van der Waals surface area contributed by atoms with E-state index >= 15 is 0 Å². The Morgan fingerprint density at radius 1 is 1.15 bits per heavy atom. The number of aliphatic hydroxyl groups is 1. The maximum absolute atomic E-state index is 13.0. The Labute approximate surface area is 153 Å². The number of nitrogens with one attached hydrogen (secondary N) is 1. The Kier molecular flexibility index (Phi) is 4.08. The molecule has 0 fully saturated rings. The maximum Gasteiger partial charge on any atom is 0.227 e. The maximum atomic E-state index is 13.0. The first-order valence-electron chi connectivity index (χ1n) is 9.06. The van der Waals surface area contributed by atoms with Crippen LogP contribution in [-0.2, 0) is 17.8 Å². The summed E-state index contributed by atoms with van der Waals surface area (Å²) in [5.74, 6) is 0.0588. The largest absolute Gasteiger partial charge is 0.387 e. The highest BCUT2D eigenvalue weighted by Gasteiger charge is 2.27. The minimum atomic E-state index is -0.614. The molecule has 4 nitrogen and oxygen atoms in total. The van der Waals surface area contributed by atoms with Gasteiger partial charge in [0.05, 0.1) is 19.1 Å². The summed E-state index contributed by atoms with van der Waals surface area (Å²) in [6.45, 7) is 7.12. The second-order valence-electron chi connectivity index (χ2n) is 7.34. The summed E-state index contributed by atoms with van der Waals surface area (Å²) in [4.78, 5) is 18.2. The minimum Gasteiger partial charge on any atom is -0.387 e. The molecule has 134 valence electrons. The van der Waals surface area contributed by atoms with Gasteiger partial charge in [-0.15, -0.1) is 0 Å². The fourth-order valence-corrected chi connectivity index (χ4v) is 4.07. The number of β-amino-alcohol motifs (C(OH)–C–C–N with tert-alkyl or cyclic N) is 1. The number of carbonyl (C=O) groups excluding carboxylic acids is 1. The molecule has 0 bridgehead atoms. The zero-order chi connectivity index (χ0) is 18.4. The van der Waals surface area contributed by atoms with Crippen LogP contribution in [0.4, 0.5) is 0 Å². The van der Waals surface area contributed by atoms with Crippen LogP contribution in [0.3, 0.4) is 0 Å². The molecular formula is C22H24N2O2. The third-order valence-corrected chi connectivity index (χ3v) is 5.54. The molecule has 2 aromatic carbocycles. The summed E-state index contributed by atoms with van der Waals surface area (Å²) in [5, 5.41) is 11.6. The number of aliphatic hydroxyl groups excluding tert-OH is 1. The molecule has 1 amide bonds. The summed E-state index contributed by atoms with van der Waals surface area (Å²) in [6.07, 6.45) is -0.262. The third-order valence-electron chi connectivity index (χ3n) is 5.54. The number of aryl methyl sites for hydroxylation is 3. The van der Waals surface area contributed by atoms with E-state index in [1.807, 2.05) is 31.2 Å². The number of fused-ring (bicyclic) bond motifs is 2. The molecule has 1 atom stereocenters. The summed E-state index contributed by atoms with van der Waals surface area (Å²) in [7, 11) is 0. The van der Waals surface area contributed by atoms with Gasteiger partial charge in [0.2, 0.25) is 5.91 Å². The van der Waals surface area contributed by atoms with Gasteiger partial charge in [0.25, 0.3) is 0 Å². The monoisotopic (exact) mass is 348 g/mol. The van der Waals surface area contributed by atoms with Crippen LogP contribution in [0.1, 0.15) is 39.6 Å². The van der Waals surface area contributed by atoms with E-state index in [1.165, 1.54) is 11.1 Å². The first-order chi connectivity index (χ1) is 12.5. The van der Waals surface area contributed by atoms with Crippen molar-refractivity contribution < 1.29 is 9.90 Å². The Hall–Kier alpha value is -2.59. The number of amides is 1. The van der Waals surface area contributed by atoms with E-state index in [-0.39, 0.29) is 5.91 Å². The summed E-state index contributed by atoms with van der Waals surface area (Å²) in [5.41, 5.74) is 7.57. The van der Waals surface area contributed by atoms with Gasteiger partial charge in [0.1, 0.15) is 0 Å². The number of carbonyl (C=O) groups is 1. The predicted molar refractivity (Wildman–Crippen MR) is 103 cm³/mol. The first-order valence-corrected chi connectivity index (χ1v) is 9.06. The van der Waals surface area contributed by atoms with Gasteiger partial charge >= 0.3 is 0 Å². The van der Waals surface area contributed by atoms with E-state index in [4.69, 9.17) is 0 Å². The molecule has 0 saturated heterocycles. The number of nitrogens with zero attached hydrogens (tertiary/aromatic N) is 1. The van der Waals surface area contributed by atoms with Crippen LogP contribution in [-0.4, -0.2) is 27.4 Å². The van der Waals surface area contributed by atoms with E-state index in [0.717, 1.165) is 33.3 Å². The van der Waals surface area contributed by atoms with Gasteiger partial charge in [0, 0.05) is 23.1 Å². The number of rotatable bonds is 2. The molecular weight excluding hydrogens is 324 g/mol. The lowest BCUT2D eigenvalue weighted by molar-refractivity contribution is -0.133. The van der Waals surface area contributed by atoms with Gasteiger partial charge in [-0.05, 0) is 48.6 Å². The molecule has 1 unspecified atom stereocenters. The molecule has 3 aromatic rings. The Bertz CT molecular complexity index is 1000. The van der Waals surface area contributed by atoms with Crippen molar-refractivity contribution in [3.05, 3.63) is 69.9 Å². The number of H-pyrrole nitrogens is 1. The second-order valence-corrected chi connectivity index (χ2v) is 7.34. The van der Waals surface area contributed by atoms with Crippen LogP contribution in [0.5, 0.6) is 0 Å². The number of hydrogen-bond donors (Lipinski definition) is 2. The lowest BCUT2D eigenvalue weighted by Crippen LogP contribution is -2.39. The average Bonchev–Trinajstić information content (AvgIpc) is 2.96. The fraction of sp³-hybridized carbons (Fsp3) is 0.318. The number of hydrogen-bond acceptors (Lipinski definition) is 2. The number of aromatic amines is 1. The van der Waals surface area contributed by atoms with Crippen LogP contribution in [0.25, 0.3) is 10.9 Å². The SMILES string of the molecule is Cc1[nH]c2c(C)ccc(C)c2c1CC(=O)N1Cc2ccccc2C(O)C1. The fourth-order valence-electron chi connectivity index (χ4n) is 4.07. The molecule has 0 spiro atoms. The molecule has 1 aliphatic rings. The van der Waals surface area contributed by atoms with Crippen molar-refractivity contribution in [2.45, 2.75) is 39.8 Å². The smallest absolute Gasteiger partial charge is 0.227 e. The van der Waals surface area contributed by atoms with Crippen molar-refractivity contribution in [1.82, 2.24) is 9.88 Å². The number of aromatic nitrogens is 1. The quantitative estimate of drug-likeness (QED) is 0.742. The van der Waals surface area contributed by atoms with Crippen LogP contribution in [0, 0.1) is 20.8 Å². The van der Waals surface area contributed by atoms with Gasteiger partial charge in [-0.25, -0.2) is 0 Å². The lowest BCUT2D eigenvalue weighted by Gasteiger charge is -2.32. The third kappa shape index (κ3) is 2.71. The summed E-state index contributed by atoms with van der Waals surface area (Å²) >= 11 is 0. The molecule has 2 heterocycles. The summed E-state index contributed by atoms with van der Waals surface area (Å²) < 4.78 is 0. The normalized spacial score (nSPS) is 16.8. The predicted octanol–water partition coefficient (Wildman–Crippen LogP) is 3.71. The highest BCUT2D eigenvalue weighted by Crippen LogP contribution is 2.30. The highest BCUT2D eigenvalue weighted by atomic mass is 16.3. The minimum absolute atomic E-state index is 0.0588. The zero-order valence-corrected chi connectivity index (χ0v) is 15.5. The van der Waals surface area contributed by atoms with Gasteiger partial charge < -0.3 is 15.0 Å². The average molecular weight is 348 g/mol. The molecule has 1 aliphatic heterocycles. The van der Waals surface area contributed by atoms with Crippen molar-refractivity contribution >= 4 is 16.8 Å². The second kappa shape index (κ2) is 6.29. The zero-order valence-electron chi connectivity index (χ0n) is 15.5.